The normalized spacial score (nSPS) is 23.6. The molecule has 1 aliphatic carbocycles. The van der Waals surface area contributed by atoms with Gasteiger partial charge in [-0.25, -0.2) is 0 Å². The number of piperazine rings is 1. The zero-order valence-corrected chi connectivity index (χ0v) is 12.2. The molecule has 2 fully saturated rings. The van der Waals surface area contributed by atoms with Crippen LogP contribution in [0.3, 0.4) is 0 Å². The first-order chi connectivity index (χ1) is 9.84. The molecule has 0 amide bonds. The fourth-order valence-electron chi connectivity index (χ4n) is 3.86. The van der Waals surface area contributed by atoms with E-state index in [9.17, 15) is 5.11 Å². The van der Waals surface area contributed by atoms with Crippen molar-refractivity contribution in [2.45, 2.75) is 38.1 Å². The number of nitrogens with one attached hydrogen (secondary N) is 1. The van der Waals surface area contributed by atoms with Crippen LogP contribution in [0.25, 0.3) is 0 Å². The van der Waals surface area contributed by atoms with Crippen molar-refractivity contribution >= 4 is 0 Å². The van der Waals surface area contributed by atoms with Gasteiger partial charge >= 0.3 is 0 Å². The Balaban J connectivity index is 1.83. The second-order valence-corrected chi connectivity index (χ2v) is 6.22. The molecule has 0 bridgehead atoms. The molecule has 0 spiro atoms. The summed E-state index contributed by atoms with van der Waals surface area (Å²) >= 11 is 0. The smallest absolute Gasteiger partial charge is 0.115 e. The van der Waals surface area contributed by atoms with Crippen LogP contribution in [-0.2, 0) is 0 Å². The fourth-order valence-corrected chi connectivity index (χ4v) is 3.86. The highest BCUT2D eigenvalue weighted by molar-refractivity contribution is 5.28. The molecule has 1 aromatic carbocycles. The predicted molar refractivity (Wildman–Crippen MR) is 81.9 cm³/mol. The summed E-state index contributed by atoms with van der Waals surface area (Å²) in [6.45, 7) is 4.48. The van der Waals surface area contributed by atoms with Gasteiger partial charge in [0, 0.05) is 32.2 Å². The molecule has 3 rings (SSSR count). The first-order valence-corrected chi connectivity index (χ1v) is 8.08. The first-order valence-electron chi connectivity index (χ1n) is 8.08. The molecule has 3 heteroatoms. The minimum atomic E-state index is 0.372. The molecule has 20 heavy (non-hydrogen) atoms. The summed E-state index contributed by atoms with van der Waals surface area (Å²) < 4.78 is 0. The van der Waals surface area contributed by atoms with E-state index in [1.54, 1.807) is 0 Å². The van der Waals surface area contributed by atoms with E-state index in [-0.39, 0.29) is 0 Å². The van der Waals surface area contributed by atoms with Crippen molar-refractivity contribution in [3.63, 3.8) is 0 Å². The molecule has 1 saturated heterocycles. The molecule has 3 nitrogen and oxygen atoms in total. The molecule has 1 heterocycles. The molecule has 0 unspecified atom stereocenters. The summed E-state index contributed by atoms with van der Waals surface area (Å²) in [5.74, 6) is 1.16. The molecule has 1 atom stereocenters. The summed E-state index contributed by atoms with van der Waals surface area (Å²) in [5.41, 5.74) is 1.39. The van der Waals surface area contributed by atoms with Crippen LogP contribution < -0.4 is 5.32 Å². The summed E-state index contributed by atoms with van der Waals surface area (Å²) in [4.78, 5) is 2.65. The molecule has 1 aliphatic heterocycles. The van der Waals surface area contributed by atoms with E-state index in [0.717, 1.165) is 32.1 Å². The van der Waals surface area contributed by atoms with Gasteiger partial charge in [-0.1, -0.05) is 31.4 Å². The van der Waals surface area contributed by atoms with E-state index in [1.807, 2.05) is 12.1 Å². The van der Waals surface area contributed by atoms with Crippen LogP contribution in [-0.4, -0.2) is 36.2 Å². The van der Waals surface area contributed by atoms with Crippen molar-refractivity contribution in [1.29, 1.82) is 0 Å². The van der Waals surface area contributed by atoms with Crippen LogP contribution >= 0.6 is 0 Å². The van der Waals surface area contributed by atoms with Crippen LogP contribution in [0, 0.1) is 5.92 Å². The number of rotatable bonds is 3. The third-order valence-electron chi connectivity index (χ3n) is 4.88. The standard InChI is InChI=1S/C17H26N2O/c20-16-8-6-15(7-9-16)17(14-4-2-1-3-5-14)19-12-10-18-11-13-19/h6-9,14,17-18,20H,1-5,10-13H2/t17-/m0/s1. The Morgan fingerprint density at radius 2 is 1.65 bits per heavy atom. The van der Waals surface area contributed by atoms with Crippen LogP contribution in [0.4, 0.5) is 0 Å². The largest absolute Gasteiger partial charge is 0.508 e. The van der Waals surface area contributed by atoms with E-state index in [2.05, 4.69) is 22.3 Å². The molecular formula is C17H26N2O. The quantitative estimate of drug-likeness (QED) is 0.889. The van der Waals surface area contributed by atoms with Gasteiger partial charge in [-0.15, -0.1) is 0 Å². The Hall–Kier alpha value is -1.06. The third-order valence-corrected chi connectivity index (χ3v) is 4.88. The van der Waals surface area contributed by atoms with Crippen molar-refractivity contribution in [2.24, 2.45) is 5.92 Å². The molecule has 110 valence electrons. The van der Waals surface area contributed by atoms with Gasteiger partial charge < -0.3 is 10.4 Å². The average Bonchev–Trinajstić information content (AvgIpc) is 2.52. The van der Waals surface area contributed by atoms with Crippen molar-refractivity contribution in [2.75, 3.05) is 26.2 Å². The third kappa shape index (κ3) is 3.15. The van der Waals surface area contributed by atoms with Gasteiger partial charge in [0.25, 0.3) is 0 Å². The van der Waals surface area contributed by atoms with Crippen molar-refractivity contribution in [3.05, 3.63) is 29.8 Å². The average molecular weight is 274 g/mol. The van der Waals surface area contributed by atoms with Gasteiger partial charge in [-0.3, -0.25) is 4.90 Å². The molecule has 2 aliphatic rings. The number of nitrogens with zero attached hydrogens (tertiary/aromatic N) is 1. The lowest BCUT2D eigenvalue weighted by Crippen LogP contribution is -2.47. The Morgan fingerprint density at radius 3 is 2.30 bits per heavy atom. The molecular weight excluding hydrogens is 248 g/mol. The molecule has 1 aromatic rings. The maximum absolute atomic E-state index is 9.54. The maximum Gasteiger partial charge on any atom is 0.115 e. The van der Waals surface area contributed by atoms with Crippen molar-refractivity contribution < 1.29 is 5.11 Å². The predicted octanol–water partition coefficient (Wildman–Crippen LogP) is 2.92. The number of benzene rings is 1. The Morgan fingerprint density at radius 1 is 1.00 bits per heavy atom. The SMILES string of the molecule is Oc1ccc([C@H](C2CCCCC2)N2CCNCC2)cc1. The minimum Gasteiger partial charge on any atom is -0.508 e. The lowest BCUT2D eigenvalue weighted by molar-refractivity contribution is 0.103. The second kappa shape index (κ2) is 6.59. The lowest BCUT2D eigenvalue weighted by Gasteiger charge is -2.41. The number of hydrogen-bond donors (Lipinski definition) is 2. The van der Waals surface area contributed by atoms with Gasteiger partial charge in [0.15, 0.2) is 0 Å². The molecule has 0 radical (unpaired) electrons. The van der Waals surface area contributed by atoms with E-state index in [0.29, 0.717) is 11.8 Å². The Kier molecular flexibility index (Phi) is 4.58. The van der Waals surface area contributed by atoms with Crippen LogP contribution in [0.5, 0.6) is 5.75 Å². The van der Waals surface area contributed by atoms with Crippen molar-refractivity contribution in [3.8, 4) is 5.75 Å². The van der Waals surface area contributed by atoms with Crippen molar-refractivity contribution in [1.82, 2.24) is 10.2 Å². The highest BCUT2D eigenvalue weighted by Crippen LogP contribution is 2.38. The van der Waals surface area contributed by atoms with Crippen LogP contribution in [0.2, 0.25) is 0 Å². The van der Waals surface area contributed by atoms with E-state index in [4.69, 9.17) is 0 Å². The van der Waals surface area contributed by atoms with Gasteiger partial charge in [0.1, 0.15) is 5.75 Å². The first kappa shape index (κ1) is 13.9. The summed E-state index contributed by atoms with van der Waals surface area (Å²) in [7, 11) is 0. The summed E-state index contributed by atoms with van der Waals surface area (Å²) in [6, 6.07) is 8.46. The van der Waals surface area contributed by atoms with Gasteiger partial charge in [0.2, 0.25) is 0 Å². The number of hydrogen-bond acceptors (Lipinski definition) is 3. The van der Waals surface area contributed by atoms with Crippen LogP contribution in [0.15, 0.2) is 24.3 Å². The highest BCUT2D eigenvalue weighted by Gasteiger charge is 2.30. The second-order valence-electron chi connectivity index (χ2n) is 6.22. The molecule has 0 aromatic heterocycles. The van der Waals surface area contributed by atoms with Crippen LogP contribution in [0.1, 0.15) is 43.7 Å². The maximum atomic E-state index is 9.54. The lowest BCUT2D eigenvalue weighted by atomic mass is 9.80. The van der Waals surface area contributed by atoms with Gasteiger partial charge in [-0.05, 0) is 36.5 Å². The highest BCUT2D eigenvalue weighted by atomic mass is 16.3. The van der Waals surface area contributed by atoms with E-state index >= 15 is 0 Å². The van der Waals surface area contributed by atoms with Gasteiger partial charge in [0.05, 0.1) is 0 Å². The topological polar surface area (TPSA) is 35.5 Å². The molecule has 1 saturated carbocycles. The summed E-state index contributed by atoms with van der Waals surface area (Å²) in [5, 5.41) is 13.0. The monoisotopic (exact) mass is 274 g/mol. The summed E-state index contributed by atoms with van der Waals surface area (Å²) in [6.07, 6.45) is 6.88. The number of aromatic hydroxyl groups is 1. The zero-order chi connectivity index (χ0) is 13.8. The zero-order valence-electron chi connectivity index (χ0n) is 12.2. The Bertz CT molecular complexity index is 388. The molecule has 2 N–H and O–H groups in total. The number of phenols is 1. The van der Waals surface area contributed by atoms with E-state index in [1.165, 1.54) is 37.7 Å². The fraction of sp³-hybridized carbons (Fsp3) is 0.647. The van der Waals surface area contributed by atoms with E-state index < -0.39 is 0 Å². The minimum absolute atomic E-state index is 0.372. The number of phenolic OH excluding ortho intramolecular Hbond substituents is 1. The van der Waals surface area contributed by atoms with Gasteiger partial charge in [-0.2, -0.15) is 0 Å². The Labute approximate surface area is 122 Å².